The fourth-order valence-corrected chi connectivity index (χ4v) is 2.56. The van der Waals surface area contributed by atoms with Crippen LogP contribution in [0.5, 0.6) is 0 Å². The number of hydrogen-bond acceptors (Lipinski definition) is 4. The summed E-state index contributed by atoms with van der Waals surface area (Å²) in [5.41, 5.74) is 8.29. The molecule has 3 rings (SSSR count). The zero-order chi connectivity index (χ0) is 13.9. The molecule has 0 aliphatic carbocycles. The van der Waals surface area contributed by atoms with Gasteiger partial charge in [0.2, 0.25) is 5.95 Å². The van der Waals surface area contributed by atoms with E-state index in [0.29, 0.717) is 5.15 Å². The summed E-state index contributed by atoms with van der Waals surface area (Å²) in [6, 6.07) is 12.2. The van der Waals surface area contributed by atoms with E-state index in [4.69, 9.17) is 17.3 Å². The zero-order valence-corrected chi connectivity index (χ0v) is 11.7. The van der Waals surface area contributed by atoms with Crippen LogP contribution in [0.4, 0.5) is 11.8 Å². The standard InChI is InChI=1S/C15H15ClN4/c16-13-10-14(19-15(17)18-13)20-8-6-12(7-9-20)11-4-2-1-3-5-11/h1-6,10H,7-9H2,(H2,17,18,19). The minimum Gasteiger partial charge on any atom is -0.368 e. The molecule has 0 fully saturated rings. The highest BCUT2D eigenvalue weighted by atomic mass is 35.5. The van der Waals surface area contributed by atoms with E-state index >= 15 is 0 Å². The molecule has 20 heavy (non-hydrogen) atoms. The highest BCUT2D eigenvalue weighted by Crippen LogP contribution is 2.25. The summed E-state index contributed by atoms with van der Waals surface area (Å²) in [7, 11) is 0. The molecule has 0 radical (unpaired) electrons. The van der Waals surface area contributed by atoms with Crippen LogP contribution in [0.1, 0.15) is 12.0 Å². The van der Waals surface area contributed by atoms with Crippen LogP contribution in [0, 0.1) is 0 Å². The fourth-order valence-electron chi connectivity index (χ4n) is 2.38. The minimum atomic E-state index is 0.213. The molecule has 1 aliphatic heterocycles. The van der Waals surface area contributed by atoms with Gasteiger partial charge in [-0.05, 0) is 17.6 Å². The molecule has 0 unspecified atom stereocenters. The molecule has 0 atom stereocenters. The summed E-state index contributed by atoms with van der Waals surface area (Å²) in [5, 5.41) is 0.380. The molecule has 5 heteroatoms. The van der Waals surface area contributed by atoms with Crippen molar-refractivity contribution in [2.45, 2.75) is 6.42 Å². The quantitative estimate of drug-likeness (QED) is 0.862. The molecular formula is C15H15ClN4. The highest BCUT2D eigenvalue weighted by Gasteiger charge is 2.15. The topological polar surface area (TPSA) is 55.0 Å². The maximum Gasteiger partial charge on any atom is 0.223 e. The van der Waals surface area contributed by atoms with Crippen LogP contribution in [-0.4, -0.2) is 23.1 Å². The van der Waals surface area contributed by atoms with Gasteiger partial charge in [-0.25, -0.2) is 4.98 Å². The number of nitrogens with zero attached hydrogens (tertiary/aromatic N) is 3. The molecule has 0 saturated carbocycles. The third-order valence-corrected chi connectivity index (χ3v) is 3.57. The summed E-state index contributed by atoms with van der Waals surface area (Å²) in [4.78, 5) is 10.3. The number of nitrogen functional groups attached to an aromatic ring is 1. The summed E-state index contributed by atoms with van der Waals surface area (Å²) in [5.74, 6) is 0.996. The third-order valence-electron chi connectivity index (χ3n) is 3.38. The van der Waals surface area contributed by atoms with Gasteiger partial charge in [0, 0.05) is 19.2 Å². The SMILES string of the molecule is Nc1nc(Cl)cc(N2CC=C(c3ccccc3)CC2)n1. The largest absolute Gasteiger partial charge is 0.368 e. The van der Waals surface area contributed by atoms with E-state index in [-0.39, 0.29) is 5.95 Å². The molecular weight excluding hydrogens is 272 g/mol. The van der Waals surface area contributed by atoms with Gasteiger partial charge in [0.15, 0.2) is 0 Å². The first-order valence-corrected chi connectivity index (χ1v) is 6.89. The second-order valence-corrected chi connectivity index (χ2v) is 5.09. The first-order valence-electron chi connectivity index (χ1n) is 6.52. The van der Waals surface area contributed by atoms with Gasteiger partial charge < -0.3 is 10.6 Å². The van der Waals surface area contributed by atoms with Crippen molar-refractivity contribution in [1.82, 2.24) is 9.97 Å². The molecule has 1 aromatic heterocycles. The Morgan fingerprint density at radius 2 is 1.95 bits per heavy atom. The van der Waals surface area contributed by atoms with E-state index in [1.54, 1.807) is 6.07 Å². The third kappa shape index (κ3) is 2.75. The average molecular weight is 287 g/mol. The molecule has 0 spiro atoms. The van der Waals surface area contributed by atoms with Gasteiger partial charge in [0.25, 0.3) is 0 Å². The summed E-state index contributed by atoms with van der Waals surface area (Å²) in [6.45, 7) is 1.70. The summed E-state index contributed by atoms with van der Waals surface area (Å²) in [6.07, 6.45) is 3.20. The van der Waals surface area contributed by atoms with Crippen molar-refractivity contribution < 1.29 is 0 Å². The Bertz CT molecular complexity index is 619. The Morgan fingerprint density at radius 1 is 1.15 bits per heavy atom. The number of halogens is 1. The van der Waals surface area contributed by atoms with E-state index in [9.17, 15) is 0 Å². The van der Waals surface area contributed by atoms with Crippen LogP contribution in [0.2, 0.25) is 5.15 Å². The van der Waals surface area contributed by atoms with Crippen molar-refractivity contribution in [2.75, 3.05) is 23.7 Å². The Labute approximate surface area is 122 Å². The Kier molecular flexibility index (Phi) is 3.56. The lowest BCUT2D eigenvalue weighted by Gasteiger charge is -2.27. The molecule has 2 N–H and O–H groups in total. The van der Waals surface area contributed by atoms with Crippen molar-refractivity contribution in [2.24, 2.45) is 0 Å². The maximum absolute atomic E-state index is 5.92. The van der Waals surface area contributed by atoms with Gasteiger partial charge in [0.1, 0.15) is 11.0 Å². The number of anilines is 2. The van der Waals surface area contributed by atoms with E-state index in [1.807, 2.05) is 6.07 Å². The van der Waals surface area contributed by atoms with E-state index in [1.165, 1.54) is 11.1 Å². The van der Waals surface area contributed by atoms with Gasteiger partial charge in [-0.1, -0.05) is 48.0 Å². The van der Waals surface area contributed by atoms with Gasteiger partial charge in [-0.3, -0.25) is 0 Å². The second-order valence-electron chi connectivity index (χ2n) is 4.70. The van der Waals surface area contributed by atoms with Crippen molar-refractivity contribution in [3.8, 4) is 0 Å². The molecule has 102 valence electrons. The number of aromatic nitrogens is 2. The molecule has 1 aromatic carbocycles. The number of nitrogens with two attached hydrogens (primary N) is 1. The minimum absolute atomic E-state index is 0.213. The van der Waals surface area contributed by atoms with E-state index in [2.05, 4.69) is 45.2 Å². The van der Waals surface area contributed by atoms with E-state index in [0.717, 1.165) is 25.3 Å². The molecule has 0 bridgehead atoms. The molecule has 0 saturated heterocycles. The van der Waals surface area contributed by atoms with Crippen LogP contribution >= 0.6 is 11.6 Å². The lowest BCUT2D eigenvalue weighted by molar-refractivity contribution is 0.815. The zero-order valence-electron chi connectivity index (χ0n) is 11.0. The van der Waals surface area contributed by atoms with Crippen molar-refractivity contribution >= 4 is 28.9 Å². The van der Waals surface area contributed by atoms with Gasteiger partial charge in [0.05, 0.1) is 0 Å². The number of rotatable bonds is 2. The predicted molar refractivity (Wildman–Crippen MR) is 82.7 cm³/mol. The maximum atomic E-state index is 5.92. The van der Waals surface area contributed by atoms with Crippen LogP contribution in [-0.2, 0) is 0 Å². The van der Waals surface area contributed by atoms with Gasteiger partial charge in [-0.2, -0.15) is 4.98 Å². The molecule has 1 aliphatic rings. The molecule has 2 heterocycles. The Hall–Kier alpha value is -2.07. The van der Waals surface area contributed by atoms with Crippen molar-refractivity contribution in [1.29, 1.82) is 0 Å². The lowest BCUT2D eigenvalue weighted by atomic mass is 10.00. The van der Waals surface area contributed by atoms with Crippen LogP contribution in [0.15, 0.2) is 42.5 Å². The second kappa shape index (κ2) is 5.51. The van der Waals surface area contributed by atoms with Crippen LogP contribution < -0.4 is 10.6 Å². The van der Waals surface area contributed by atoms with Crippen molar-refractivity contribution in [3.63, 3.8) is 0 Å². The smallest absolute Gasteiger partial charge is 0.223 e. The Balaban J connectivity index is 1.79. The molecule has 4 nitrogen and oxygen atoms in total. The van der Waals surface area contributed by atoms with Crippen LogP contribution in [0.25, 0.3) is 5.57 Å². The summed E-state index contributed by atoms with van der Waals surface area (Å²) >= 11 is 5.92. The average Bonchev–Trinajstić information content (AvgIpc) is 2.47. The summed E-state index contributed by atoms with van der Waals surface area (Å²) < 4.78 is 0. The fraction of sp³-hybridized carbons (Fsp3) is 0.200. The number of hydrogen-bond donors (Lipinski definition) is 1. The molecule has 0 amide bonds. The normalized spacial score (nSPS) is 15.1. The van der Waals surface area contributed by atoms with E-state index < -0.39 is 0 Å². The highest BCUT2D eigenvalue weighted by molar-refractivity contribution is 6.29. The lowest BCUT2D eigenvalue weighted by Crippen LogP contribution is -2.29. The van der Waals surface area contributed by atoms with Crippen molar-refractivity contribution in [3.05, 3.63) is 53.2 Å². The van der Waals surface area contributed by atoms with Gasteiger partial charge >= 0.3 is 0 Å². The molecule has 2 aromatic rings. The first kappa shape index (κ1) is 12.9. The Morgan fingerprint density at radius 3 is 2.60 bits per heavy atom. The monoisotopic (exact) mass is 286 g/mol. The number of benzene rings is 1. The first-order chi connectivity index (χ1) is 9.72. The van der Waals surface area contributed by atoms with Crippen LogP contribution in [0.3, 0.4) is 0 Å². The predicted octanol–water partition coefficient (Wildman–Crippen LogP) is 3.01. The van der Waals surface area contributed by atoms with Gasteiger partial charge in [-0.15, -0.1) is 0 Å².